The van der Waals surface area contributed by atoms with Crippen LogP contribution in [0.4, 0.5) is 5.69 Å². The Kier molecular flexibility index (Phi) is 4.37. The number of benzene rings is 1. The molecule has 0 saturated heterocycles. The van der Waals surface area contributed by atoms with E-state index in [1.807, 2.05) is 25.3 Å². The molecule has 18 heavy (non-hydrogen) atoms. The summed E-state index contributed by atoms with van der Waals surface area (Å²) in [6.45, 7) is 4.18. The molecular weight excluding hydrogens is 288 g/mol. The van der Waals surface area contributed by atoms with Crippen LogP contribution in [-0.4, -0.2) is 4.98 Å². The second kappa shape index (κ2) is 6.01. The molecule has 0 fully saturated rings. The van der Waals surface area contributed by atoms with Crippen LogP contribution in [0, 0.1) is 6.92 Å². The quantitative estimate of drug-likeness (QED) is 0.884. The van der Waals surface area contributed by atoms with Crippen LogP contribution < -0.4 is 5.32 Å². The summed E-state index contributed by atoms with van der Waals surface area (Å²) in [6.07, 6.45) is 2.92. The molecule has 1 heterocycles. The van der Waals surface area contributed by atoms with Crippen LogP contribution in [0.3, 0.4) is 0 Å². The summed E-state index contributed by atoms with van der Waals surface area (Å²) in [7, 11) is 0. The van der Waals surface area contributed by atoms with Gasteiger partial charge in [0.2, 0.25) is 0 Å². The second-order valence-electron chi connectivity index (χ2n) is 4.35. The van der Waals surface area contributed by atoms with E-state index in [4.69, 9.17) is 0 Å². The Morgan fingerprint density at radius 3 is 2.72 bits per heavy atom. The second-order valence-corrected chi connectivity index (χ2v) is 5.26. The van der Waals surface area contributed by atoms with Crippen LogP contribution >= 0.6 is 15.9 Å². The van der Waals surface area contributed by atoms with E-state index in [0.717, 1.165) is 22.3 Å². The van der Waals surface area contributed by atoms with Gasteiger partial charge >= 0.3 is 0 Å². The highest BCUT2D eigenvalue weighted by molar-refractivity contribution is 9.10. The summed E-state index contributed by atoms with van der Waals surface area (Å²) in [6, 6.07) is 12.8. The SMILES string of the molecule is CCC(Nc1ccc(C)nc1)c1cccc(Br)c1. The number of anilines is 1. The fraction of sp³-hybridized carbons (Fsp3) is 0.267. The van der Waals surface area contributed by atoms with Crippen LogP contribution in [0.25, 0.3) is 0 Å². The molecule has 0 saturated carbocycles. The molecule has 0 aliphatic rings. The van der Waals surface area contributed by atoms with Gasteiger partial charge in [-0.05, 0) is 43.2 Å². The van der Waals surface area contributed by atoms with Gasteiger partial charge in [0.05, 0.1) is 17.9 Å². The highest BCUT2D eigenvalue weighted by Crippen LogP contribution is 2.24. The lowest BCUT2D eigenvalue weighted by molar-refractivity contribution is 0.748. The molecule has 3 heteroatoms. The van der Waals surface area contributed by atoms with Crippen molar-refractivity contribution >= 4 is 21.6 Å². The summed E-state index contributed by atoms with van der Waals surface area (Å²) >= 11 is 3.51. The number of hydrogen-bond acceptors (Lipinski definition) is 2. The van der Waals surface area contributed by atoms with E-state index in [2.05, 4.69) is 57.4 Å². The van der Waals surface area contributed by atoms with Gasteiger partial charge in [0.25, 0.3) is 0 Å². The minimum Gasteiger partial charge on any atom is -0.377 e. The standard InChI is InChI=1S/C15H17BrN2/c1-3-15(12-5-4-6-13(16)9-12)18-14-8-7-11(2)17-10-14/h4-10,15,18H,3H2,1-2H3. The molecule has 2 aromatic rings. The van der Waals surface area contributed by atoms with E-state index >= 15 is 0 Å². The van der Waals surface area contributed by atoms with Crippen LogP contribution in [-0.2, 0) is 0 Å². The number of rotatable bonds is 4. The number of aromatic nitrogens is 1. The van der Waals surface area contributed by atoms with Crippen LogP contribution in [0.1, 0.15) is 30.6 Å². The number of aryl methyl sites for hydroxylation is 1. The third-order valence-electron chi connectivity index (χ3n) is 2.91. The number of nitrogens with one attached hydrogen (secondary N) is 1. The zero-order valence-electron chi connectivity index (χ0n) is 10.7. The van der Waals surface area contributed by atoms with E-state index in [0.29, 0.717) is 6.04 Å². The Hall–Kier alpha value is -1.35. The molecule has 1 aromatic carbocycles. The van der Waals surface area contributed by atoms with Gasteiger partial charge in [-0.25, -0.2) is 0 Å². The summed E-state index contributed by atoms with van der Waals surface area (Å²) in [4.78, 5) is 4.31. The highest BCUT2D eigenvalue weighted by Gasteiger charge is 2.09. The average Bonchev–Trinajstić information content (AvgIpc) is 2.38. The first-order valence-electron chi connectivity index (χ1n) is 6.13. The van der Waals surface area contributed by atoms with Crippen molar-refractivity contribution in [1.29, 1.82) is 0 Å². The Morgan fingerprint density at radius 2 is 2.11 bits per heavy atom. The van der Waals surface area contributed by atoms with Crippen molar-refractivity contribution < 1.29 is 0 Å². The normalized spacial score (nSPS) is 12.2. The van der Waals surface area contributed by atoms with Gasteiger partial charge in [-0.3, -0.25) is 4.98 Å². The Bertz CT molecular complexity index is 508. The van der Waals surface area contributed by atoms with E-state index in [-0.39, 0.29) is 0 Å². The maximum Gasteiger partial charge on any atom is 0.0531 e. The molecule has 0 amide bonds. The minimum atomic E-state index is 0.312. The van der Waals surface area contributed by atoms with Gasteiger partial charge in [-0.15, -0.1) is 0 Å². The van der Waals surface area contributed by atoms with Crippen molar-refractivity contribution in [2.45, 2.75) is 26.3 Å². The molecular formula is C15H17BrN2. The van der Waals surface area contributed by atoms with Gasteiger partial charge in [-0.1, -0.05) is 35.0 Å². The molecule has 0 aliphatic heterocycles. The lowest BCUT2D eigenvalue weighted by Crippen LogP contribution is -2.09. The number of hydrogen-bond donors (Lipinski definition) is 1. The Labute approximate surface area is 117 Å². The van der Waals surface area contributed by atoms with Crippen molar-refractivity contribution in [3.63, 3.8) is 0 Å². The largest absolute Gasteiger partial charge is 0.377 e. The predicted molar refractivity (Wildman–Crippen MR) is 79.8 cm³/mol. The topological polar surface area (TPSA) is 24.9 Å². The minimum absolute atomic E-state index is 0.312. The maximum atomic E-state index is 4.31. The molecule has 0 spiro atoms. The van der Waals surface area contributed by atoms with Gasteiger partial charge in [0.15, 0.2) is 0 Å². The molecule has 0 bridgehead atoms. The van der Waals surface area contributed by atoms with Gasteiger partial charge < -0.3 is 5.32 Å². The van der Waals surface area contributed by atoms with Crippen molar-refractivity contribution in [2.75, 3.05) is 5.32 Å². The third kappa shape index (κ3) is 3.33. The first-order chi connectivity index (χ1) is 8.69. The smallest absolute Gasteiger partial charge is 0.0531 e. The average molecular weight is 305 g/mol. The molecule has 94 valence electrons. The molecule has 0 aliphatic carbocycles. The van der Waals surface area contributed by atoms with Gasteiger partial charge in [0.1, 0.15) is 0 Å². The Balaban J connectivity index is 2.17. The Morgan fingerprint density at radius 1 is 1.28 bits per heavy atom. The third-order valence-corrected chi connectivity index (χ3v) is 3.40. The molecule has 1 unspecified atom stereocenters. The maximum absolute atomic E-state index is 4.31. The van der Waals surface area contributed by atoms with E-state index in [1.54, 1.807) is 0 Å². The fourth-order valence-electron chi connectivity index (χ4n) is 1.90. The number of halogens is 1. The summed E-state index contributed by atoms with van der Waals surface area (Å²) in [5.74, 6) is 0. The fourth-order valence-corrected chi connectivity index (χ4v) is 2.32. The molecule has 1 atom stereocenters. The van der Waals surface area contributed by atoms with E-state index in [9.17, 15) is 0 Å². The molecule has 1 aromatic heterocycles. The van der Waals surface area contributed by atoms with E-state index < -0.39 is 0 Å². The van der Waals surface area contributed by atoms with Crippen molar-refractivity contribution in [1.82, 2.24) is 4.98 Å². The summed E-state index contributed by atoms with van der Waals surface area (Å²) in [5, 5.41) is 3.52. The lowest BCUT2D eigenvalue weighted by atomic mass is 10.0. The molecule has 2 rings (SSSR count). The number of pyridine rings is 1. The predicted octanol–water partition coefficient (Wildman–Crippen LogP) is 4.72. The summed E-state index contributed by atoms with van der Waals surface area (Å²) in [5.41, 5.74) is 3.39. The number of nitrogens with zero attached hydrogens (tertiary/aromatic N) is 1. The molecule has 0 radical (unpaired) electrons. The van der Waals surface area contributed by atoms with Crippen molar-refractivity contribution in [2.24, 2.45) is 0 Å². The van der Waals surface area contributed by atoms with Crippen molar-refractivity contribution in [3.8, 4) is 0 Å². The molecule has 2 nitrogen and oxygen atoms in total. The zero-order chi connectivity index (χ0) is 13.0. The van der Waals surface area contributed by atoms with Crippen LogP contribution in [0.15, 0.2) is 47.1 Å². The van der Waals surface area contributed by atoms with Gasteiger partial charge in [-0.2, -0.15) is 0 Å². The van der Waals surface area contributed by atoms with Crippen LogP contribution in [0.5, 0.6) is 0 Å². The molecule has 1 N–H and O–H groups in total. The lowest BCUT2D eigenvalue weighted by Gasteiger charge is -2.19. The first kappa shape index (κ1) is 13.1. The zero-order valence-corrected chi connectivity index (χ0v) is 12.2. The first-order valence-corrected chi connectivity index (χ1v) is 6.93. The van der Waals surface area contributed by atoms with Crippen LogP contribution in [0.2, 0.25) is 0 Å². The highest BCUT2D eigenvalue weighted by atomic mass is 79.9. The monoisotopic (exact) mass is 304 g/mol. The van der Waals surface area contributed by atoms with E-state index in [1.165, 1.54) is 5.56 Å². The van der Waals surface area contributed by atoms with Gasteiger partial charge in [0, 0.05) is 10.2 Å². The summed E-state index contributed by atoms with van der Waals surface area (Å²) < 4.78 is 1.11. The van der Waals surface area contributed by atoms with Crippen molar-refractivity contribution in [3.05, 3.63) is 58.3 Å².